The Morgan fingerprint density at radius 2 is 0.738 bits per heavy atom. The van der Waals surface area contributed by atoms with Crippen LogP contribution in [0.4, 0.5) is 9.59 Å². The second-order valence-electron chi connectivity index (χ2n) is 36.3. The number of rotatable bonds is 36. The summed E-state index contributed by atoms with van der Waals surface area (Å²) in [6.07, 6.45) is 19.0. The number of aromatic nitrogens is 4. The molecular weight excluding hydrogens is 1790 g/mol. The molecule has 696 valence electrons. The molecule has 4 aromatic carbocycles. The van der Waals surface area contributed by atoms with E-state index in [1.54, 1.807) is 96.5 Å². The van der Waals surface area contributed by atoms with Crippen molar-refractivity contribution in [3.05, 3.63) is 158 Å². The molecule has 0 spiro atoms. The minimum atomic E-state index is -0.542. The zero-order valence-corrected chi connectivity index (χ0v) is 84.6. The molecule has 12 heterocycles. The number of nitrogens with zero attached hydrogens (tertiary/aromatic N) is 6. The molecule has 0 aliphatic carbocycles. The molecule has 4 aliphatic heterocycles. The van der Waals surface area contributed by atoms with Crippen molar-refractivity contribution in [1.82, 2.24) is 40.4 Å². The Morgan fingerprint density at radius 3 is 1.12 bits per heavy atom. The predicted molar refractivity (Wildman–Crippen MR) is 538 cm³/mol. The van der Waals surface area contributed by atoms with E-state index >= 15 is 0 Å². The van der Waals surface area contributed by atoms with Crippen molar-refractivity contribution in [2.75, 3.05) is 68.0 Å². The molecule has 4 aliphatic rings. The molecule has 4 unspecified atom stereocenters. The Bertz CT molecular complexity index is 5670. The van der Waals surface area contributed by atoms with E-state index < -0.39 is 11.2 Å². The first-order valence-corrected chi connectivity index (χ1v) is 52.7. The lowest BCUT2D eigenvalue weighted by Gasteiger charge is -2.35. The standard InChI is InChI=1S/2C28H36N2O4S2.2C23H28N2O2S2/c1-18-25-20(14-15-30(18)27(32)34-28(2,3)4)24(26-29-21-12-8-9-13-22(21)36-26)23(35-25)17-19(31)11-7-6-10-16-33-5;1-18-15-20-24(17-30(18)27(32)34-28(2,3)4)35-23(16-19(31)11-7-6-10-14-33-5)25(20)26-29-21-12-8-9-13-22(21)36-26;1-15-22-17(11-12-24-15)21(23-25-18-9-5-6-10-19(18)29-23)20(28-22)14-16(26)8-4-3-7-13-27-2;1-15-12-17-21(14-24-15)28-20(13-16(26)8-4-3-7-11-27-2)22(17)23-25-18-9-5-6-10-19(18)29-23/h2*8-9,12-13,18H,6-7,10-11,14-17H2,1-5H3;2*5-6,9-10,15,24H,3-4,7-8,11-14H2,1-2H3. The Morgan fingerprint density at radius 1 is 0.392 bits per heavy atom. The summed E-state index contributed by atoms with van der Waals surface area (Å²) in [5, 5.41) is 11.2. The van der Waals surface area contributed by atoms with Gasteiger partial charge in [-0.25, -0.2) is 29.5 Å². The SMILES string of the molecule is COCCCCCC(=O)Cc1sc2c(c1-c1nc3ccccc3s1)CC(C)N(C(=O)OC(C)(C)C)C2.COCCCCCC(=O)Cc1sc2c(c1-c1nc3ccccc3s1)CC(C)NC2.COCCCCCC(=O)Cc1sc2c(c1-c1nc3ccccc3s1)CCN(C(=O)OC(C)(C)C)C2C.COCCCCCC(=O)Cc1sc2c(c1-c1nc3ccccc3s1)CCNC2C. The number of hydrogen-bond acceptors (Lipinski definition) is 26. The van der Waals surface area contributed by atoms with Crippen molar-refractivity contribution in [3.8, 4) is 42.3 Å². The second-order valence-corrected chi connectivity index (χ2v) is 45.1. The Hall–Kier alpha value is -7.78. The van der Waals surface area contributed by atoms with Gasteiger partial charge < -0.3 is 48.9 Å². The highest BCUT2D eigenvalue weighted by molar-refractivity contribution is 7.24. The van der Waals surface area contributed by atoms with Gasteiger partial charge in [0, 0.05) is 199 Å². The maximum atomic E-state index is 13.0. The highest BCUT2D eigenvalue weighted by Gasteiger charge is 2.39. The largest absolute Gasteiger partial charge is 0.444 e. The number of ketones is 4. The van der Waals surface area contributed by atoms with Crippen LogP contribution < -0.4 is 10.6 Å². The number of carbonyl (C=O) groups excluding carboxylic acids is 6. The number of para-hydroxylation sites is 4. The summed E-state index contributed by atoms with van der Waals surface area (Å²) in [5.74, 6) is 1.18. The van der Waals surface area contributed by atoms with E-state index in [-0.39, 0.29) is 35.8 Å². The number of nitrogens with one attached hydrogen (secondary N) is 2. The van der Waals surface area contributed by atoms with Gasteiger partial charge in [-0.1, -0.05) is 74.2 Å². The van der Waals surface area contributed by atoms with Gasteiger partial charge in [0.15, 0.2) is 0 Å². The van der Waals surface area contributed by atoms with E-state index in [2.05, 4.69) is 86.9 Å². The molecule has 0 radical (unpaired) electrons. The van der Waals surface area contributed by atoms with Crippen LogP contribution in [0.15, 0.2) is 97.1 Å². The summed E-state index contributed by atoms with van der Waals surface area (Å²) in [6, 6.07) is 33.6. The molecule has 130 heavy (non-hydrogen) atoms. The maximum Gasteiger partial charge on any atom is 0.410 e. The molecular formula is C102H128N8O12S8. The van der Waals surface area contributed by atoms with Crippen LogP contribution in [-0.2, 0) is 112 Å². The number of fused-ring (bicyclic) bond motifs is 8. The lowest BCUT2D eigenvalue weighted by atomic mass is 9.95. The van der Waals surface area contributed by atoms with Crippen molar-refractivity contribution in [3.63, 3.8) is 0 Å². The lowest BCUT2D eigenvalue weighted by molar-refractivity contribution is -0.119. The number of ether oxygens (including phenoxy) is 6. The van der Waals surface area contributed by atoms with Crippen LogP contribution >= 0.6 is 90.7 Å². The number of carbonyl (C=O) groups is 6. The van der Waals surface area contributed by atoms with Gasteiger partial charge in [-0.3, -0.25) is 19.2 Å². The molecule has 8 aromatic heterocycles. The fraction of sp³-hybridized carbons (Fsp3) is 0.510. The van der Waals surface area contributed by atoms with Gasteiger partial charge in [0.05, 0.1) is 53.5 Å². The van der Waals surface area contributed by atoms with Crippen molar-refractivity contribution in [1.29, 1.82) is 0 Å². The minimum Gasteiger partial charge on any atom is -0.444 e. The lowest BCUT2D eigenvalue weighted by Crippen LogP contribution is -2.44. The highest BCUT2D eigenvalue weighted by atomic mass is 32.1. The number of methoxy groups -OCH3 is 4. The Balaban J connectivity index is 0.000000148. The minimum absolute atomic E-state index is 0.000542. The Labute approximate surface area is 798 Å². The zero-order valence-electron chi connectivity index (χ0n) is 78.0. The molecule has 20 nitrogen and oxygen atoms in total. The monoisotopic (exact) mass is 1910 g/mol. The van der Waals surface area contributed by atoms with Crippen LogP contribution in [0.3, 0.4) is 0 Å². The van der Waals surface area contributed by atoms with Gasteiger partial charge in [-0.05, 0) is 224 Å². The van der Waals surface area contributed by atoms with E-state index in [1.165, 1.54) is 62.3 Å². The zero-order chi connectivity index (χ0) is 92.2. The molecule has 4 atom stereocenters. The summed E-state index contributed by atoms with van der Waals surface area (Å²) in [6.45, 7) is 25.9. The maximum absolute atomic E-state index is 13.0. The number of thiophene rings is 4. The van der Waals surface area contributed by atoms with E-state index in [9.17, 15) is 28.8 Å². The van der Waals surface area contributed by atoms with Gasteiger partial charge in [-0.15, -0.1) is 90.7 Å². The molecule has 12 aromatic rings. The van der Waals surface area contributed by atoms with Crippen LogP contribution in [0, 0.1) is 0 Å². The first-order chi connectivity index (χ1) is 62.7. The second kappa shape index (κ2) is 47.4. The number of thiazole rings is 4. The topological polar surface area (TPSA) is 240 Å². The Kier molecular flexibility index (Phi) is 36.4. The predicted octanol–water partition coefficient (Wildman–Crippen LogP) is 25.1. The van der Waals surface area contributed by atoms with Gasteiger partial charge in [-0.2, -0.15) is 0 Å². The fourth-order valence-corrected chi connectivity index (χ4v) is 27.2. The third-order valence-corrected chi connectivity index (χ3v) is 33.1. The van der Waals surface area contributed by atoms with E-state index in [1.807, 2.05) is 123 Å². The van der Waals surface area contributed by atoms with Gasteiger partial charge >= 0.3 is 12.2 Å². The molecule has 16 rings (SSSR count). The summed E-state index contributed by atoms with van der Waals surface area (Å²) >= 11 is 13.8. The summed E-state index contributed by atoms with van der Waals surface area (Å²) < 4.78 is 36.5. The molecule has 0 saturated carbocycles. The van der Waals surface area contributed by atoms with Crippen molar-refractivity contribution >= 4 is 167 Å². The quantitative estimate of drug-likeness (QED) is 0.0347. The summed E-state index contributed by atoms with van der Waals surface area (Å²) in [5.41, 5.74) is 12.9. The average Bonchev–Trinajstić information content (AvgIpc) is 1.64. The van der Waals surface area contributed by atoms with E-state index in [0.29, 0.717) is 88.1 Å². The molecule has 0 saturated heterocycles. The molecule has 28 heteroatoms. The van der Waals surface area contributed by atoms with Crippen LogP contribution in [0.1, 0.15) is 245 Å². The normalized spacial score (nSPS) is 16.0. The first-order valence-electron chi connectivity index (χ1n) is 46.1. The van der Waals surface area contributed by atoms with Gasteiger partial charge in [0.2, 0.25) is 0 Å². The molecule has 2 N–H and O–H groups in total. The molecule has 0 fully saturated rings. The van der Waals surface area contributed by atoms with E-state index in [4.69, 9.17) is 48.4 Å². The summed E-state index contributed by atoms with van der Waals surface area (Å²) in [4.78, 5) is 110. The number of amides is 2. The van der Waals surface area contributed by atoms with Crippen LogP contribution in [0.25, 0.3) is 83.2 Å². The van der Waals surface area contributed by atoms with Crippen LogP contribution in [0.2, 0.25) is 0 Å². The smallest absolute Gasteiger partial charge is 0.410 e. The fourth-order valence-electron chi connectivity index (χ4n) is 17.1. The van der Waals surface area contributed by atoms with Crippen molar-refractivity contribution < 1.29 is 57.2 Å². The number of benzene rings is 4. The highest BCUT2D eigenvalue weighted by Crippen LogP contribution is 2.50. The third kappa shape index (κ3) is 26.4. The number of Topliss-reactive ketones (excluding diaryl/α,β-unsaturated/α-hetero) is 4. The third-order valence-electron chi connectivity index (χ3n) is 23.6. The number of unbranched alkanes of at least 4 members (excludes halogenated alkanes) is 8. The molecule has 0 bridgehead atoms. The number of hydrogen-bond donors (Lipinski definition) is 2. The van der Waals surface area contributed by atoms with E-state index in [0.717, 1.165) is 224 Å². The molecule has 2 amide bonds. The first kappa shape index (κ1) is 99.7. The van der Waals surface area contributed by atoms with Crippen LogP contribution in [0.5, 0.6) is 0 Å². The van der Waals surface area contributed by atoms with Crippen molar-refractivity contribution in [2.45, 2.75) is 272 Å². The van der Waals surface area contributed by atoms with Crippen LogP contribution in [-0.4, -0.2) is 156 Å². The van der Waals surface area contributed by atoms with Gasteiger partial charge in [0.1, 0.15) is 54.4 Å². The van der Waals surface area contributed by atoms with Crippen molar-refractivity contribution in [2.24, 2.45) is 0 Å². The summed E-state index contributed by atoms with van der Waals surface area (Å²) in [7, 11) is 6.86. The van der Waals surface area contributed by atoms with Gasteiger partial charge in [0.25, 0.3) is 0 Å². The average molecular weight is 1910 g/mol.